The lowest BCUT2D eigenvalue weighted by Gasteiger charge is -2.07. The fourth-order valence-corrected chi connectivity index (χ4v) is 1.72. The second kappa shape index (κ2) is 6.10. The number of hydrogen-bond acceptors (Lipinski definition) is 4. The van der Waals surface area contributed by atoms with Crippen molar-refractivity contribution < 1.29 is 9.53 Å². The van der Waals surface area contributed by atoms with Crippen LogP contribution >= 0.6 is 0 Å². The first-order chi connectivity index (χ1) is 9.22. The molecule has 1 amide bonds. The van der Waals surface area contributed by atoms with Crippen LogP contribution in [0.5, 0.6) is 0 Å². The minimum Gasteiger partial charge on any atom is -0.383 e. The number of fused-ring (bicyclic) bond motifs is 1. The van der Waals surface area contributed by atoms with Crippen LogP contribution in [-0.2, 0) is 16.1 Å². The molecule has 0 spiro atoms. The SMILES string of the molecule is COCCNC(=O)Cn1cnc2ccccc2c1=O. The molecule has 0 aliphatic heterocycles. The monoisotopic (exact) mass is 261 g/mol. The zero-order chi connectivity index (χ0) is 13.7. The molecule has 1 heterocycles. The maximum absolute atomic E-state index is 12.1. The van der Waals surface area contributed by atoms with Gasteiger partial charge >= 0.3 is 0 Å². The van der Waals surface area contributed by atoms with E-state index in [1.165, 1.54) is 10.9 Å². The summed E-state index contributed by atoms with van der Waals surface area (Å²) >= 11 is 0. The number of methoxy groups -OCH3 is 1. The Balaban J connectivity index is 2.15. The van der Waals surface area contributed by atoms with Crippen LogP contribution in [0, 0.1) is 0 Å². The van der Waals surface area contributed by atoms with Gasteiger partial charge in [0.1, 0.15) is 6.54 Å². The van der Waals surface area contributed by atoms with E-state index in [-0.39, 0.29) is 18.0 Å². The highest BCUT2D eigenvalue weighted by molar-refractivity contribution is 5.78. The van der Waals surface area contributed by atoms with Crippen LogP contribution in [0.2, 0.25) is 0 Å². The Bertz CT molecular complexity index is 636. The van der Waals surface area contributed by atoms with Gasteiger partial charge in [-0.3, -0.25) is 14.2 Å². The minimum atomic E-state index is -0.240. The van der Waals surface area contributed by atoms with Gasteiger partial charge in [-0.1, -0.05) is 12.1 Å². The van der Waals surface area contributed by atoms with Gasteiger partial charge in [0.2, 0.25) is 5.91 Å². The van der Waals surface area contributed by atoms with E-state index in [1.807, 2.05) is 6.07 Å². The average Bonchev–Trinajstić information content (AvgIpc) is 2.43. The Labute approximate surface area is 110 Å². The summed E-state index contributed by atoms with van der Waals surface area (Å²) in [5, 5.41) is 3.16. The van der Waals surface area contributed by atoms with Crippen LogP contribution < -0.4 is 10.9 Å². The second-order valence-corrected chi connectivity index (χ2v) is 4.04. The van der Waals surface area contributed by atoms with Crippen molar-refractivity contribution in [2.45, 2.75) is 6.54 Å². The van der Waals surface area contributed by atoms with E-state index in [1.54, 1.807) is 25.3 Å². The van der Waals surface area contributed by atoms with E-state index >= 15 is 0 Å². The van der Waals surface area contributed by atoms with Gasteiger partial charge in [0.15, 0.2) is 0 Å². The van der Waals surface area contributed by atoms with E-state index in [4.69, 9.17) is 4.74 Å². The van der Waals surface area contributed by atoms with Crippen molar-refractivity contribution in [1.82, 2.24) is 14.9 Å². The highest BCUT2D eigenvalue weighted by Gasteiger charge is 2.07. The summed E-state index contributed by atoms with van der Waals surface area (Å²) in [6, 6.07) is 7.05. The van der Waals surface area contributed by atoms with Gasteiger partial charge in [0.25, 0.3) is 5.56 Å². The number of nitrogens with one attached hydrogen (secondary N) is 1. The molecule has 0 saturated heterocycles. The second-order valence-electron chi connectivity index (χ2n) is 4.04. The molecular weight excluding hydrogens is 246 g/mol. The number of ether oxygens (including phenoxy) is 1. The standard InChI is InChI=1S/C13H15N3O3/c1-19-7-6-14-12(17)8-16-9-15-11-5-3-2-4-10(11)13(16)18/h2-5,9H,6-8H2,1H3,(H,14,17). The Morgan fingerprint density at radius 3 is 3.00 bits per heavy atom. The van der Waals surface area contributed by atoms with E-state index in [2.05, 4.69) is 10.3 Å². The van der Waals surface area contributed by atoms with Crippen LogP contribution in [0.15, 0.2) is 35.4 Å². The quantitative estimate of drug-likeness (QED) is 0.778. The largest absolute Gasteiger partial charge is 0.383 e. The van der Waals surface area contributed by atoms with Gasteiger partial charge in [-0.15, -0.1) is 0 Å². The number of benzene rings is 1. The van der Waals surface area contributed by atoms with Gasteiger partial charge in [-0.2, -0.15) is 0 Å². The Morgan fingerprint density at radius 2 is 2.21 bits per heavy atom. The van der Waals surface area contributed by atoms with Gasteiger partial charge in [-0.25, -0.2) is 4.98 Å². The lowest BCUT2D eigenvalue weighted by molar-refractivity contribution is -0.121. The molecule has 1 aromatic heterocycles. The molecule has 1 aromatic carbocycles. The zero-order valence-corrected chi connectivity index (χ0v) is 10.6. The fraction of sp³-hybridized carbons (Fsp3) is 0.308. The maximum atomic E-state index is 12.1. The molecule has 0 atom stereocenters. The predicted octanol–water partition coefficient (Wildman–Crippen LogP) is 0.159. The fourth-order valence-electron chi connectivity index (χ4n) is 1.72. The lowest BCUT2D eigenvalue weighted by Crippen LogP contribution is -2.34. The number of para-hydroxylation sites is 1. The predicted molar refractivity (Wildman–Crippen MR) is 70.9 cm³/mol. The highest BCUT2D eigenvalue weighted by atomic mass is 16.5. The number of rotatable bonds is 5. The van der Waals surface area contributed by atoms with Crippen molar-refractivity contribution in [1.29, 1.82) is 0 Å². The molecule has 19 heavy (non-hydrogen) atoms. The molecule has 6 nitrogen and oxygen atoms in total. The first-order valence-electron chi connectivity index (χ1n) is 5.92. The highest BCUT2D eigenvalue weighted by Crippen LogP contribution is 2.04. The van der Waals surface area contributed by atoms with Crippen LogP contribution in [0.3, 0.4) is 0 Å². The summed E-state index contributed by atoms with van der Waals surface area (Å²) in [5.74, 6) is -0.240. The first kappa shape index (κ1) is 13.2. The number of aromatic nitrogens is 2. The van der Waals surface area contributed by atoms with Crippen molar-refractivity contribution in [2.24, 2.45) is 0 Å². The van der Waals surface area contributed by atoms with Crippen LogP contribution in [0.1, 0.15) is 0 Å². The molecule has 1 N–H and O–H groups in total. The average molecular weight is 261 g/mol. The number of hydrogen-bond donors (Lipinski definition) is 1. The number of amides is 1. The molecule has 0 saturated carbocycles. The number of carbonyl (C=O) groups excluding carboxylic acids is 1. The summed E-state index contributed by atoms with van der Waals surface area (Å²) in [7, 11) is 1.56. The third kappa shape index (κ3) is 3.17. The van der Waals surface area contributed by atoms with E-state index in [0.29, 0.717) is 24.1 Å². The van der Waals surface area contributed by atoms with Gasteiger partial charge in [-0.05, 0) is 12.1 Å². The molecular formula is C13H15N3O3. The minimum absolute atomic E-state index is 0.0413. The topological polar surface area (TPSA) is 73.2 Å². The molecule has 0 unspecified atom stereocenters. The van der Waals surface area contributed by atoms with Crippen LogP contribution in [0.25, 0.3) is 10.9 Å². The third-order valence-corrected chi connectivity index (χ3v) is 2.67. The zero-order valence-electron chi connectivity index (χ0n) is 10.6. The van der Waals surface area contributed by atoms with Gasteiger partial charge in [0, 0.05) is 13.7 Å². The summed E-state index contributed by atoms with van der Waals surface area (Å²) < 4.78 is 6.12. The van der Waals surface area contributed by atoms with E-state index in [9.17, 15) is 9.59 Å². The summed E-state index contributed by atoms with van der Waals surface area (Å²) in [6.07, 6.45) is 1.39. The van der Waals surface area contributed by atoms with E-state index in [0.717, 1.165) is 0 Å². The smallest absolute Gasteiger partial charge is 0.261 e. The number of carbonyl (C=O) groups is 1. The van der Waals surface area contributed by atoms with Crippen molar-refractivity contribution in [3.05, 3.63) is 40.9 Å². The molecule has 100 valence electrons. The normalized spacial score (nSPS) is 10.6. The number of nitrogens with zero attached hydrogens (tertiary/aromatic N) is 2. The van der Waals surface area contributed by atoms with Crippen molar-refractivity contribution >= 4 is 16.8 Å². The summed E-state index contributed by atoms with van der Waals surface area (Å²) in [4.78, 5) is 27.9. The van der Waals surface area contributed by atoms with E-state index < -0.39 is 0 Å². The first-order valence-corrected chi connectivity index (χ1v) is 5.92. The molecule has 0 radical (unpaired) electrons. The maximum Gasteiger partial charge on any atom is 0.261 e. The van der Waals surface area contributed by atoms with Crippen molar-refractivity contribution in [3.8, 4) is 0 Å². The summed E-state index contributed by atoms with van der Waals surface area (Å²) in [5.41, 5.74) is 0.413. The molecule has 0 aliphatic carbocycles. The molecule has 0 fully saturated rings. The van der Waals surface area contributed by atoms with Crippen LogP contribution in [-0.4, -0.2) is 35.7 Å². The third-order valence-electron chi connectivity index (χ3n) is 2.67. The van der Waals surface area contributed by atoms with Crippen LogP contribution in [0.4, 0.5) is 0 Å². The Morgan fingerprint density at radius 1 is 1.42 bits per heavy atom. The van der Waals surface area contributed by atoms with Crippen molar-refractivity contribution in [3.63, 3.8) is 0 Å². The molecule has 0 bridgehead atoms. The Hall–Kier alpha value is -2.21. The molecule has 2 aromatic rings. The van der Waals surface area contributed by atoms with Gasteiger partial charge in [0.05, 0.1) is 23.8 Å². The molecule has 6 heteroatoms. The Kier molecular flexibility index (Phi) is 4.25. The lowest BCUT2D eigenvalue weighted by atomic mass is 10.2. The molecule has 0 aliphatic rings. The van der Waals surface area contributed by atoms with Gasteiger partial charge < -0.3 is 10.1 Å². The molecule has 2 rings (SSSR count). The van der Waals surface area contributed by atoms with Crippen molar-refractivity contribution in [2.75, 3.05) is 20.3 Å². The summed E-state index contributed by atoms with van der Waals surface area (Å²) in [6.45, 7) is 0.822.